The Morgan fingerprint density at radius 2 is 1.45 bits per heavy atom. The molecule has 0 spiro atoms. The van der Waals surface area contributed by atoms with Gasteiger partial charge in [-0.3, -0.25) is 0 Å². The van der Waals surface area contributed by atoms with E-state index in [0.717, 1.165) is 16.0 Å². The smallest absolute Gasteiger partial charge is 0.00518 e. The van der Waals surface area contributed by atoms with Gasteiger partial charge in [0.05, 0.1) is 0 Å². The zero-order chi connectivity index (χ0) is 8.27. The lowest BCUT2D eigenvalue weighted by Gasteiger charge is -1.98. The summed E-state index contributed by atoms with van der Waals surface area (Å²) in [6.45, 7) is 7.36. The maximum Gasteiger partial charge on any atom is 0.00518 e. The van der Waals surface area contributed by atoms with Crippen LogP contribution in [-0.4, -0.2) is 0 Å². The minimum atomic E-state index is 0.942. The average Bonchev–Trinajstić information content (AvgIpc) is 2.03. The molecule has 11 heavy (non-hydrogen) atoms. The van der Waals surface area contributed by atoms with E-state index in [4.69, 9.17) is 0 Å². The Morgan fingerprint density at radius 3 is 1.82 bits per heavy atom. The Morgan fingerprint density at radius 1 is 1.00 bits per heavy atom. The van der Waals surface area contributed by atoms with E-state index in [1.807, 2.05) is 18.2 Å². The fraction of sp³-hybridized carbons (Fsp3) is 0. The van der Waals surface area contributed by atoms with Crippen molar-refractivity contribution in [3.05, 3.63) is 42.5 Å². The van der Waals surface area contributed by atoms with E-state index in [9.17, 15) is 0 Å². The van der Waals surface area contributed by atoms with Crippen molar-refractivity contribution in [3.8, 4) is 0 Å². The summed E-state index contributed by atoms with van der Waals surface area (Å²) in [6, 6.07) is 5.94. The molecule has 1 aromatic rings. The zero-order valence-corrected chi connectivity index (χ0v) is 7.14. The molecule has 0 radical (unpaired) electrons. The van der Waals surface area contributed by atoms with E-state index in [-0.39, 0.29) is 0 Å². The van der Waals surface area contributed by atoms with E-state index >= 15 is 0 Å². The largest absolute Gasteiger partial charge is 0.143 e. The molecule has 0 N–H and O–H groups in total. The Kier molecular flexibility index (Phi) is 2.55. The van der Waals surface area contributed by atoms with Crippen LogP contribution in [0.4, 0.5) is 0 Å². The third-order valence-corrected chi connectivity index (χ3v) is 1.69. The van der Waals surface area contributed by atoms with E-state index < -0.39 is 0 Å². The summed E-state index contributed by atoms with van der Waals surface area (Å²) >= 11 is 4.24. The molecule has 0 fully saturated rings. The molecule has 0 saturated heterocycles. The summed E-state index contributed by atoms with van der Waals surface area (Å²) in [5.41, 5.74) is 2.15. The number of hydrogen-bond donors (Lipinski definition) is 1. The SMILES string of the molecule is C=Cc1cc(S)cc(C=C)c1. The van der Waals surface area contributed by atoms with Gasteiger partial charge in [0.2, 0.25) is 0 Å². The summed E-state index contributed by atoms with van der Waals surface area (Å²) in [4.78, 5) is 0.942. The van der Waals surface area contributed by atoms with Gasteiger partial charge >= 0.3 is 0 Å². The summed E-state index contributed by atoms with van der Waals surface area (Å²) in [6.07, 6.45) is 3.60. The van der Waals surface area contributed by atoms with E-state index in [1.165, 1.54) is 0 Å². The zero-order valence-electron chi connectivity index (χ0n) is 6.25. The summed E-state index contributed by atoms with van der Waals surface area (Å²) in [5.74, 6) is 0. The highest BCUT2D eigenvalue weighted by atomic mass is 32.1. The fourth-order valence-corrected chi connectivity index (χ4v) is 1.19. The summed E-state index contributed by atoms with van der Waals surface area (Å²) < 4.78 is 0. The third kappa shape index (κ3) is 1.99. The molecule has 0 heterocycles. The third-order valence-electron chi connectivity index (χ3n) is 1.43. The number of rotatable bonds is 2. The predicted molar refractivity (Wildman–Crippen MR) is 53.9 cm³/mol. The van der Waals surface area contributed by atoms with Crippen molar-refractivity contribution in [1.29, 1.82) is 0 Å². The van der Waals surface area contributed by atoms with Gasteiger partial charge < -0.3 is 0 Å². The van der Waals surface area contributed by atoms with Gasteiger partial charge in [0, 0.05) is 4.90 Å². The Labute approximate surface area is 72.7 Å². The summed E-state index contributed by atoms with van der Waals surface area (Å²) in [7, 11) is 0. The molecule has 0 aliphatic carbocycles. The molecule has 1 heteroatoms. The minimum absolute atomic E-state index is 0.942. The van der Waals surface area contributed by atoms with E-state index in [0.29, 0.717) is 0 Å². The first-order valence-corrected chi connectivity index (χ1v) is 3.80. The fourth-order valence-electron chi connectivity index (χ4n) is 0.895. The predicted octanol–water partition coefficient (Wildman–Crippen LogP) is 3.26. The molecule has 0 amide bonds. The van der Waals surface area contributed by atoms with Crippen molar-refractivity contribution < 1.29 is 0 Å². The second kappa shape index (κ2) is 3.44. The first-order valence-electron chi connectivity index (χ1n) is 3.35. The molecule has 0 unspecified atom stereocenters. The molecule has 0 aliphatic heterocycles. The van der Waals surface area contributed by atoms with Crippen LogP contribution in [0.1, 0.15) is 11.1 Å². The van der Waals surface area contributed by atoms with Gasteiger partial charge in [-0.15, -0.1) is 12.6 Å². The molecule has 0 bridgehead atoms. The molecular formula is C10H10S. The lowest BCUT2D eigenvalue weighted by molar-refractivity contribution is 1.44. The number of benzene rings is 1. The molecule has 0 saturated carbocycles. The topological polar surface area (TPSA) is 0 Å². The maximum atomic E-state index is 4.24. The van der Waals surface area contributed by atoms with Crippen LogP contribution < -0.4 is 0 Å². The minimum Gasteiger partial charge on any atom is -0.143 e. The highest BCUT2D eigenvalue weighted by molar-refractivity contribution is 7.80. The van der Waals surface area contributed by atoms with Crippen molar-refractivity contribution in [1.82, 2.24) is 0 Å². The maximum absolute atomic E-state index is 4.24. The van der Waals surface area contributed by atoms with Crippen LogP contribution in [0.5, 0.6) is 0 Å². The van der Waals surface area contributed by atoms with Crippen LogP contribution in [0.3, 0.4) is 0 Å². The molecule has 56 valence electrons. The first kappa shape index (κ1) is 8.15. The standard InChI is InChI=1S/C10H10S/c1-3-8-5-9(4-2)7-10(11)6-8/h3-7,11H,1-2H2. The highest BCUT2D eigenvalue weighted by Crippen LogP contribution is 2.14. The number of thiol groups is 1. The Bertz CT molecular complexity index is 261. The van der Waals surface area contributed by atoms with Gasteiger partial charge in [-0.25, -0.2) is 0 Å². The van der Waals surface area contributed by atoms with E-state index in [2.05, 4.69) is 25.8 Å². The van der Waals surface area contributed by atoms with Gasteiger partial charge in [0.25, 0.3) is 0 Å². The van der Waals surface area contributed by atoms with Gasteiger partial charge in [-0.1, -0.05) is 25.3 Å². The van der Waals surface area contributed by atoms with Crippen molar-refractivity contribution >= 4 is 24.8 Å². The number of hydrogen-bond acceptors (Lipinski definition) is 1. The van der Waals surface area contributed by atoms with Gasteiger partial charge in [-0.2, -0.15) is 0 Å². The molecule has 0 aromatic heterocycles. The normalized spacial score (nSPS) is 9.18. The monoisotopic (exact) mass is 162 g/mol. The van der Waals surface area contributed by atoms with Crippen molar-refractivity contribution in [3.63, 3.8) is 0 Å². The Hall–Kier alpha value is -0.950. The first-order chi connectivity index (χ1) is 5.26. The molecular weight excluding hydrogens is 152 g/mol. The summed E-state index contributed by atoms with van der Waals surface area (Å²) in [5, 5.41) is 0. The molecule has 1 aromatic carbocycles. The lowest BCUT2D eigenvalue weighted by atomic mass is 10.1. The molecule has 0 aliphatic rings. The van der Waals surface area contributed by atoms with Crippen LogP contribution >= 0.6 is 12.6 Å². The highest BCUT2D eigenvalue weighted by Gasteiger charge is 1.91. The molecule has 1 rings (SSSR count). The van der Waals surface area contributed by atoms with Crippen molar-refractivity contribution in [2.45, 2.75) is 4.90 Å². The van der Waals surface area contributed by atoms with Crippen molar-refractivity contribution in [2.75, 3.05) is 0 Å². The lowest BCUT2D eigenvalue weighted by Crippen LogP contribution is -1.76. The second-order valence-corrected chi connectivity index (χ2v) is 2.78. The van der Waals surface area contributed by atoms with Crippen molar-refractivity contribution in [2.24, 2.45) is 0 Å². The van der Waals surface area contributed by atoms with Crippen LogP contribution in [0, 0.1) is 0 Å². The van der Waals surface area contributed by atoms with Crippen LogP contribution in [0.15, 0.2) is 36.3 Å². The van der Waals surface area contributed by atoms with Crippen LogP contribution in [0.2, 0.25) is 0 Å². The van der Waals surface area contributed by atoms with Gasteiger partial charge in [0.15, 0.2) is 0 Å². The molecule has 0 nitrogen and oxygen atoms in total. The van der Waals surface area contributed by atoms with Gasteiger partial charge in [0.1, 0.15) is 0 Å². The Balaban J connectivity index is 3.21. The second-order valence-electron chi connectivity index (χ2n) is 2.27. The van der Waals surface area contributed by atoms with Gasteiger partial charge in [-0.05, 0) is 29.3 Å². The van der Waals surface area contributed by atoms with Crippen LogP contribution in [0.25, 0.3) is 12.2 Å². The average molecular weight is 162 g/mol. The molecule has 0 atom stereocenters. The van der Waals surface area contributed by atoms with Crippen LogP contribution in [-0.2, 0) is 0 Å². The van der Waals surface area contributed by atoms with E-state index in [1.54, 1.807) is 12.2 Å². The quantitative estimate of drug-likeness (QED) is 0.634.